The van der Waals surface area contributed by atoms with E-state index in [4.69, 9.17) is 5.11 Å². The van der Waals surface area contributed by atoms with Gasteiger partial charge in [0.05, 0.1) is 6.10 Å². The van der Waals surface area contributed by atoms with Gasteiger partial charge < -0.3 is 10.2 Å². The highest BCUT2D eigenvalue weighted by molar-refractivity contribution is 5.85. The fourth-order valence-electron chi connectivity index (χ4n) is 5.85. The zero-order valence-electron chi connectivity index (χ0n) is 14.2. The van der Waals surface area contributed by atoms with Crippen molar-refractivity contribution in [1.29, 1.82) is 0 Å². The number of aliphatic hydroxyl groups is 1. The van der Waals surface area contributed by atoms with Gasteiger partial charge in [-0.15, -0.1) is 0 Å². The highest BCUT2D eigenvalue weighted by Gasteiger charge is 2.54. The van der Waals surface area contributed by atoms with Crippen LogP contribution < -0.4 is 0 Å². The Labute approximate surface area is 143 Å². The van der Waals surface area contributed by atoms with E-state index in [1.54, 1.807) is 6.08 Å². The summed E-state index contributed by atoms with van der Waals surface area (Å²) < 4.78 is 0. The van der Waals surface area contributed by atoms with Crippen molar-refractivity contribution in [2.75, 3.05) is 0 Å². The maximum Gasteiger partial charge on any atom is 0.328 e. The van der Waals surface area contributed by atoms with E-state index in [2.05, 4.69) is 25.1 Å². The van der Waals surface area contributed by atoms with Crippen molar-refractivity contribution in [3.8, 4) is 0 Å². The summed E-state index contributed by atoms with van der Waals surface area (Å²) in [6.45, 7) is 2.31. The molecule has 0 radical (unpaired) electrons. The molecule has 3 aliphatic carbocycles. The van der Waals surface area contributed by atoms with Gasteiger partial charge in [-0.05, 0) is 84.5 Å². The highest BCUT2D eigenvalue weighted by Crippen LogP contribution is 2.60. The second-order valence-corrected chi connectivity index (χ2v) is 8.18. The fraction of sp³-hybridized carbons (Fsp3) is 0.571. The quantitative estimate of drug-likeness (QED) is 0.808. The molecule has 3 nitrogen and oxygen atoms in total. The Hall–Kier alpha value is -1.61. The predicted molar refractivity (Wildman–Crippen MR) is 93.7 cm³/mol. The van der Waals surface area contributed by atoms with E-state index in [0.717, 1.165) is 24.8 Å². The van der Waals surface area contributed by atoms with E-state index in [1.807, 2.05) is 0 Å². The van der Waals surface area contributed by atoms with Crippen molar-refractivity contribution in [1.82, 2.24) is 0 Å². The van der Waals surface area contributed by atoms with Crippen molar-refractivity contribution in [3.05, 3.63) is 41.0 Å². The number of aliphatic carboxylic acids is 1. The van der Waals surface area contributed by atoms with E-state index in [1.165, 1.54) is 36.5 Å². The zero-order valence-corrected chi connectivity index (χ0v) is 14.2. The van der Waals surface area contributed by atoms with Crippen LogP contribution in [0.5, 0.6) is 0 Å². The first-order valence-corrected chi connectivity index (χ1v) is 9.21. The molecule has 3 unspecified atom stereocenters. The van der Waals surface area contributed by atoms with E-state index < -0.39 is 5.97 Å². The smallest absolute Gasteiger partial charge is 0.328 e. The molecule has 1 aromatic carbocycles. The number of benzene rings is 1. The molecule has 2 N–H and O–H groups in total. The molecule has 2 fully saturated rings. The minimum atomic E-state index is -0.904. The fourth-order valence-corrected chi connectivity index (χ4v) is 5.85. The first kappa shape index (κ1) is 15.9. The van der Waals surface area contributed by atoms with Crippen LogP contribution in [0, 0.1) is 17.3 Å². The van der Waals surface area contributed by atoms with Gasteiger partial charge in [0.1, 0.15) is 0 Å². The third-order valence-electron chi connectivity index (χ3n) is 7.12. The summed E-state index contributed by atoms with van der Waals surface area (Å²) in [6.07, 6.45) is 9.49. The summed E-state index contributed by atoms with van der Waals surface area (Å²) in [4.78, 5) is 10.7. The number of aryl methyl sites for hydroxylation is 1. The van der Waals surface area contributed by atoms with E-state index >= 15 is 0 Å². The van der Waals surface area contributed by atoms with Crippen LogP contribution in [0.1, 0.15) is 61.6 Å². The molecule has 24 heavy (non-hydrogen) atoms. The lowest BCUT2D eigenvalue weighted by Gasteiger charge is -2.50. The van der Waals surface area contributed by atoms with Gasteiger partial charge in [0.2, 0.25) is 0 Å². The van der Waals surface area contributed by atoms with E-state index in [0.29, 0.717) is 17.8 Å². The molecule has 2 saturated carbocycles. The maximum atomic E-state index is 10.7. The molecule has 5 atom stereocenters. The molecule has 128 valence electrons. The second kappa shape index (κ2) is 5.73. The highest BCUT2D eigenvalue weighted by atomic mass is 16.4. The number of hydrogen-bond acceptors (Lipinski definition) is 2. The number of carboxylic acids is 1. The molecular formula is C21H26O3. The topological polar surface area (TPSA) is 57.5 Å². The van der Waals surface area contributed by atoms with Crippen molar-refractivity contribution in [2.45, 2.75) is 57.5 Å². The summed E-state index contributed by atoms with van der Waals surface area (Å²) in [5.74, 6) is 1.08. The molecule has 1 aromatic rings. The van der Waals surface area contributed by atoms with Gasteiger partial charge in [-0.3, -0.25) is 0 Å². The zero-order chi connectivity index (χ0) is 16.9. The monoisotopic (exact) mass is 326 g/mol. The average Bonchev–Trinajstić information content (AvgIpc) is 2.88. The van der Waals surface area contributed by atoms with Crippen LogP contribution in [0.4, 0.5) is 0 Å². The van der Waals surface area contributed by atoms with Crippen LogP contribution in [0.3, 0.4) is 0 Å². The lowest BCUT2D eigenvalue weighted by Crippen LogP contribution is -2.43. The summed E-state index contributed by atoms with van der Waals surface area (Å²) in [5, 5.41) is 19.2. The average molecular weight is 326 g/mol. The summed E-state index contributed by atoms with van der Waals surface area (Å²) >= 11 is 0. The molecule has 0 saturated heterocycles. The van der Waals surface area contributed by atoms with Crippen molar-refractivity contribution < 1.29 is 15.0 Å². The summed E-state index contributed by atoms with van der Waals surface area (Å²) in [7, 11) is 0. The van der Waals surface area contributed by atoms with Gasteiger partial charge in [-0.25, -0.2) is 4.79 Å². The van der Waals surface area contributed by atoms with Crippen molar-refractivity contribution in [3.63, 3.8) is 0 Å². The van der Waals surface area contributed by atoms with Gasteiger partial charge in [-0.2, -0.15) is 0 Å². The minimum absolute atomic E-state index is 0.117. The Morgan fingerprint density at radius 1 is 1.25 bits per heavy atom. The third kappa shape index (κ3) is 2.41. The molecule has 0 aromatic heterocycles. The van der Waals surface area contributed by atoms with Crippen LogP contribution in [0.25, 0.3) is 6.08 Å². The molecule has 0 amide bonds. The largest absolute Gasteiger partial charge is 0.478 e. The van der Waals surface area contributed by atoms with Crippen molar-refractivity contribution in [2.24, 2.45) is 17.3 Å². The first-order valence-electron chi connectivity index (χ1n) is 9.21. The number of carboxylic acid groups (broad SMARTS) is 1. The number of rotatable bonds is 2. The molecule has 4 rings (SSSR count). The van der Waals surface area contributed by atoms with Crippen molar-refractivity contribution >= 4 is 12.0 Å². The molecular weight excluding hydrogens is 300 g/mol. The number of carbonyl (C=O) groups is 1. The molecule has 0 bridgehead atoms. The Morgan fingerprint density at radius 3 is 2.88 bits per heavy atom. The Balaban J connectivity index is 1.62. The predicted octanol–water partition coefficient (Wildman–Crippen LogP) is 4.00. The summed E-state index contributed by atoms with van der Waals surface area (Å²) in [5.41, 5.74) is 3.97. The lowest BCUT2D eigenvalue weighted by molar-refractivity contribution is -0.131. The van der Waals surface area contributed by atoms with Crippen LogP contribution in [0.15, 0.2) is 24.3 Å². The molecule has 0 spiro atoms. The Bertz CT molecular complexity index is 692. The van der Waals surface area contributed by atoms with Crippen LogP contribution in [-0.4, -0.2) is 22.3 Å². The Kier molecular flexibility index (Phi) is 3.80. The second-order valence-electron chi connectivity index (χ2n) is 8.18. The van der Waals surface area contributed by atoms with Gasteiger partial charge in [0.15, 0.2) is 0 Å². The Morgan fingerprint density at radius 2 is 2.08 bits per heavy atom. The lowest BCUT2D eigenvalue weighted by atomic mass is 9.55. The SMILES string of the molecule is C[C@]12CCC3c4ccc(/C=C/C(=O)O)cc4CCC3C1CC[C@@H]2O. The molecule has 0 aliphatic heterocycles. The van der Waals surface area contributed by atoms with Crippen LogP contribution in [-0.2, 0) is 11.2 Å². The van der Waals surface area contributed by atoms with Gasteiger partial charge >= 0.3 is 5.97 Å². The number of hydrogen-bond donors (Lipinski definition) is 2. The van der Waals surface area contributed by atoms with Crippen LogP contribution >= 0.6 is 0 Å². The van der Waals surface area contributed by atoms with E-state index in [9.17, 15) is 9.90 Å². The third-order valence-corrected chi connectivity index (χ3v) is 7.12. The van der Waals surface area contributed by atoms with Crippen LogP contribution in [0.2, 0.25) is 0 Å². The standard InChI is InChI=1S/C21H26O3/c1-21-11-10-16-15-5-2-13(3-9-20(23)24)12-14(15)4-6-17(16)18(21)7-8-19(21)22/h2-3,5,9,12,16-19,22H,4,6-8,10-11H2,1H3,(H,23,24)/b9-3+/t16?,17?,18?,19-,21-/m0/s1. The molecule has 0 heterocycles. The first-order chi connectivity index (χ1) is 11.5. The van der Waals surface area contributed by atoms with E-state index in [-0.39, 0.29) is 11.5 Å². The number of aliphatic hydroxyl groups excluding tert-OH is 1. The normalized spacial score (nSPS) is 37.8. The van der Waals surface area contributed by atoms with Gasteiger partial charge in [-0.1, -0.05) is 25.1 Å². The maximum absolute atomic E-state index is 10.7. The molecule has 3 heteroatoms. The van der Waals surface area contributed by atoms with Gasteiger partial charge in [0.25, 0.3) is 0 Å². The minimum Gasteiger partial charge on any atom is -0.478 e. The summed E-state index contributed by atoms with van der Waals surface area (Å²) in [6, 6.07) is 6.45. The van der Waals surface area contributed by atoms with Gasteiger partial charge in [0, 0.05) is 6.08 Å². The number of fused-ring (bicyclic) bond motifs is 5. The molecule has 3 aliphatic rings.